The van der Waals surface area contributed by atoms with Crippen LogP contribution < -0.4 is 10.1 Å². The zero-order chi connectivity index (χ0) is 13.9. The molecule has 2 unspecified atom stereocenters. The Balaban J connectivity index is 1.64. The molecular formula is C16H18ClNOS. The number of nitrogens with one attached hydrogen (secondary N) is 1. The second-order valence-corrected chi connectivity index (χ2v) is 7.01. The molecule has 0 spiro atoms. The van der Waals surface area contributed by atoms with Crippen molar-refractivity contribution >= 4 is 22.9 Å². The van der Waals surface area contributed by atoms with Crippen molar-refractivity contribution in [2.24, 2.45) is 5.92 Å². The van der Waals surface area contributed by atoms with Crippen molar-refractivity contribution in [3.05, 3.63) is 51.2 Å². The first-order chi connectivity index (χ1) is 9.74. The van der Waals surface area contributed by atoms with Crippen LogP contribution in [0.3, 0.4) is 0 Å². The molecule has 1 N–H and O–H groups in total. The quantitative estimate of drug-likeness (QED) is 0.909. The maximum atomic E-state index is 5.96. The van der Waals surface area contributed by atoms with E-state index in [1.54, 1.807) is 11.3 Å². The van der Waals surface area contributed by atoms with E-state index >= 15 is 0 Å². The molecule has 2 heterocycles. The molecule has 3 rings (SSSR count). The Morgan fingerprint density at radius 2 is 2.15 bits per heavy atom. The number of hydrogen-bond donors (Lipinski definition) is 1. The summed E-state index contributed by atoms with van der Waals surface area (Å²) in [6.07, 6.45) is 1.02. The second kappa shape index (κ2) is 6.17. The largest absolute Gasteiger partial charge is 0.493 e. The highest BCUT2D eigenvalue weighted by Crippen LogP contribution is 2.34. The molecule has 2 nitrogen and oxygen atoms in total. The molecule has 0 radical (unpaired) electrons. The molecule has 1 aliphatic rings. The van der Waals surface area contributed by atoms with Crippen LogP contribution in [-0.4, -0.2) is 13.2 Å². The smallest absolute Gasteiger partial charge is 0.124 e. The van der Waals surface area contributed by atoms with E-state index < -0.39 is 0 Å². The van der Waals surface area contributed by atoms with Gasteiger partial charge in [-0.15, -0.1) is 11.3 Å². The van der Waals surface area contributed by atoms with Crippen LogP contribution in [0.1, 0.15) is 23.4 Å². The average Bonchev–Trinajstić information content (AvgIpc) is 2.87. The van der Waals surface area contributed by atoms with Crippen LogP contribution >= 0.6 is 22.9 Å². The molecule has 1 aliphatic heterocycles. The molecule has 0 bridgehead atoms. The number of para-hydroxylation sites is 1. The molecule has 1 aromatic carbocycles. The van der Waals surface area contributed by atoms with E-state index in [9.17, 15) is 0 Å². The molecule has 0 saturated heterocycles. The van der Waals surface area contributed by atoms with E-state index in [0.29, 0.717) is 12.0 Å². The van der Waals surface area contributed by atoms with Crippen molar-refractivity contribution in [2.75, 3.05) is 13.2 Å². The lowest BCUT2D eigenvalue weighted by atomic mass is 9.92. The van der Waals surface area contributed by atoms with Crippen LogP contribution in [0.2, 0.25) is 4.34 Å². The van der Waals surface area contributed by atoms with Gasteiger partial charge in [0.2, 0.25) is 0 Å². The number of hydrogen-bond acceptors (Lipinski definition) is 3. The highest BCUT2D eigenvalue weighted by Gasteiger charge is 2.26. The van der Waals surface area contributed by atoms with Crippen molar-refractivity contribution < 1.29 is 4.74 Å². The lowest BCUT2D eigenvalue weighted by molar-refractivity contribution is 0.189. The number of benzene rings is 1. The monoisotopic (exact) mass is 307 g/mol. The maximum Gasteiger partial charge on any atom is 0.124 e. The molecule has 2 aromatic rings. The molecule has 0 aliphatic carbocycles. The Kier molecular flexibility index (Phi) is 4.29. The van der Waals surface area contributed by atoms with E-state index in [4.69, 9.17) is 16.3 Å². The Morgan fingerprint density at radius 3 is 2.95 bits per heavy atom. The van der Waals surface area contributed by atoms with Crippen molar-refractivity contribution in [1.82, 2.24) is 5.32 Å². The fraction of sp³-hybridized carbons (Fsp3) is 0.375. The summed E-state index contributed by atoms with van der Waals surface area (Å²) in [7, 11) is 0. The average molecular weight is 308 g/mol. The van der Waals surface area contributed by atoms with Gasteiger partial charge < -0.3 is 10.1 Å². The van der Waals surface area contributed by atoms with Crippen LogP contribution in [0.25, 0.3) is 0 Å². The normalized spacial score (nSPS) is 21.3. The molecule has 2 atom stereocenters. The Hall–Kier alpha value is -1.03. The molecule has 4 heteroatoms. The van der Waals surface area contributed by atoms with Gasteiger partial charge >= 0.3 is 0 Å². The number of thiophene rings is 1. The minimum atomic E-state index is 0.371. The first kappa shape index (κ1) is 13.9. The van der Waals surface area contributed by atoms with E-state index in [0.717, 1.165) is 29.7 Å². The highest BCUT2D eigenvalue weighted by atomic mass is 35.5. The Bertz CT molecular complexity index is 583. The van der Waals surface area contributed by atoms with Crippen molar-refractivity contribution in [3.63, 3.8) is 0 Å². The topological polar surface area (TPSA) is 21.3 Å². The third-order valence-corrected chi connectivity index (χ3v) is 4.98. The number of ether oxygens (including phenoxy) is 1. The highest BCUT2D eigenvalue weighted by molar-refractivity contribution is 7.16. The van der Waals surface area contributed by atoms with Crippen LogP contribution in [0.15, 0.2) is 36.4 Å². The first-order valence-corrected chi connectivity index (χ1v) is 8.13. The van der Waals surface area contributed by atoms with Gasteiger partial charge in [-0.2, -0.15) is 0 Å². The van der Waals surface area contributed by atoms with Crippen molar-refractivity contribution in [2.45, 2.75) is 19.4 Å². The summed E-state index contributed by atoms with van der Waals surface area (Å²) in [5.41, 5.74) is 1.27. The van der Waals surface area contributed by atoms with Crippen LogP contribution in [0.4, 0.5) is 0 Å². The molecule has 1 aromatic heterocycles. The Morgan fingerprint density at radius 1 is 1.30 bits per heavy atom. The summed E-state index contributed by atoms with van der Waals surface area (Å²) in [4.78, 5) is 1.33. The summed E-state index contributed by atoms with van der Waals surface area (Å²) in [5.74, 6) is 1.50. The van der Waals surface area contributed by atoms with E-state index in [-0.39, 0.29) is 0 Å². The molecular weight excluding hydrogens is 290 g/mol. The van der Waals surface area contributed by atoms with Gasteiger partial charge in [0.15, 0.2) is 0 Å². The summed E-state index contributed by atoms with van der Waals surface area (Å²) in [6.45, 7) is 3.97. The molecule has 0 fully saturated rings. The number of rotatable bonds is 4. The summed E-state index contributed by atoms with van der Waals surface area (Å²) in [5, 5.41) is 3.67. The Labute approximate surface area is 128 Å². The minimum absolute atomic E-state index is 0.371. The fourth-order valence-corrected chi connectivity index (χ4v) is 3.73. The van der Waals surface area contributed by atoms with Crippen molar-refractivity contribution in [1.29, 1.82) is 0 Å². The van der Waals surface area contributed by atoms with E-state index in [2.05, 4.69) is 36.5 Å². The predicted molar refractivity (Wildman–Crippen MR) is 84.9 cm³/mol. The predicted octanol–water partition coefficient (Wildman–Crippen LogP) is 4.30. The summed E-state index contributed by atoms with van der Waals surface area (Å²) >= 11 is 7.62. The standard InChI is InChI=1S/C16H18ClNOS/c1-11-10-19-14-5-3-2-4-13(14)16(11)18-9-8-12-6-7-15(17)20-12/h2-7,11,16,18H,8-10H2,1H3. The summed E-state index contributed by atoms with van der Waals surface area (Å²) in [6, 6.07) is 12.8. The third kappa shape index (κ3) is 3.00. The fourth-order valence-electron chi connectivity index (χ4n) is 2.64. The SMILES string of the molecule is CC1COc2ccccc2C1NCCc1ccc(Cl)s1. The summed E-state index contributed by atoms with van der Waals surface area (Å²) < 4.78 is 6.64. The van der Waals surface area contributed by atoms with Crippen LogP contribution in [0, 0.1) is 5.92 Å². The molecule has 0 amide bonds. The van der Waals surface area contributed by atoms with Gasteiger partial charge in [-0.25, -0.2) is 0 Å². The molecule has 106 valence electrons. The van der Waals surface area contributed by atoms with Gasteiger partial charge in [-0.05, 0) is 24.6 Å². The van der Waals surface area contributed by atoms with Gasteiger partial charge in [0, 0.05) is 28.9 Å². The number of halogens is 1. The minimum Gasteiger partial charge on any atom is -0.493 e. The molecule has 0 saturated carbocycles. The third-order valence-electron chi connectivity index (χ3n) is 3.69. The van der Waals surface area contributed by atoms with Gasteiger partial charge in [-0.1, -0.05) is 36.7 Å². The first-order valence-electron chi connectivity index (χ1n) is 6.93. The zero-order valence-electron chi connectivity index (χ0n) is 11.4. The van der Waals surface area contributed by atoms with E-state index in [1.165, 1.54) is 10.4 Å². The van der Waals surface area contributed by atoms with Crippen LogP contribution in [-0.2, 0) is 6.42 Å². The number of fused-ring (bicyclic) bond motifs is 1. The lowest BCUT2D eigenvalue weighted by Gasteiger charge is -2.32. The molecule has 20 heavy (non-hydrogen) atoms. The lowest BCUT2D eigenvalue weighted by Crippen LogP contribution is -2.34. The van der Waals surface area contributed by atoms with Crippen molar-refractivity contribution in [3.8, 4) is 5.75 Å². The zero-order valence-corrected chi connectivity index (χ0v) is 13.0. The van der Waals surface area contributed by atoms with Crippen LogP contribution in [0.5, 0.6) is 5.75 Å². The van der Waals surface area contributed by atoms with Gasteiger partial charge in [0.25, 0.3) is 0 Å². The van der Waals surface area contributed by atoms with Gasteiger partial charge in [0.05, 0.1) is 10.9 Å². The van der Waals surface area contributed by atoms with E-state index in [1.807, 2.05) is 12.1 Å². The maximum absolute atomic E-state index is 5.96. The van der Waals surface area contributed by atoms with Gasteiger partial charge in [0.1, 0.15) is 5.75 Å². The van der Waals surface area contributed by atoms with Gasteiger partial charge in [-0.3, -0.25) is 0 Å². The second-order valence-electron chi connectivity index (χ2n) is 5.21.